The number of nitrogens with two attached hydrogens (primary N) is 1. The third kappa shape index (κ3) is 6.13. The number of aryl methyl sites for hydroxylation is 1. The third-order valence-electron chi connectivity index (χ3n) is 4.25. The maximum atomic E-state index is 12.6. The molecule has 0 aliphatic carbocycles. The second kappa shape index (κ2) is 8.95. The summed E-state index contributed by atoms with van der Waals surface area (Å²) in [5, 5.41) is 9.41. The molecule has 5 nitrogen and oxygen atoms in total. The average molecular weight is 361 g/mol. The molecule has 0 aliphatic rings. The summed E-state index contributed by atoms with van der Waals surface area (Å²) in [5.41, 5.74) is 7.80. The number of hydrogen-bond donors (Lipinski definition) is 3. The predicted octanol–water partition coefficient (Wildman–Crippen LogP) is 3.12. The van der Waals surface area contributed by atoms with Crippen molar-refractivity contribution in [3.05, 3.63) is 71.8 Å². The Bertz CT molecular complexity index is 721. The van der Waals surface area contributed by atoms with Gasteiger partial charge in [0.25, 0.3) is 0 Å². The van der Waals surface area contributed by atoms with E-state index in [1.807, 2.05) is 60.7 Å². The van der Waals surface area contributed by atoms with E-state index in [0.29, 0.717) is 12.8 Å². The number of rotatable bonds is 9. The fraction of sp³-hybridized carbons (Fsp3) is 0.316. The minimum atomic E-state index is -3.77. The first-order chi connectivity index (χ1) is 11.9. The average Bonchev–Trinajstić information content (AvgIpc) is 2.60. The summed E-state index contributed by atoms with van der Waals surface area (Å²) in [6.07, 6.45) is 0.831. The maximum Gasteiger partial charge on any atom is 0.307 e. The van der Waals surface area contributed by atoms with Gasteiger partial charge in [-0.15, -0.1) is 0 Å². The van der Waals surface area contributed by atoms with Crippen LogP contribution in [-0.4, -0.2) is 27.9 Å². The van der Waals surface area contributed by atoms with E-state index in [1.165, 1.54) is 0 Å². The summed E-state index contributed by atoms with van der Waals surface area (Å²) in [7, 11) is -3.77. The molecule has 4 N–H and O–H groups in total. The minimum Gasteiger partial charge on any atom is -0.481 e. The zero-order chi connectivity index (χ0) is 18.3. The Morgan fingerprint density at radius 1 is 1.00 bits per heavy atom. The summed E-state index contributed by atoms with van der Waals surface area (Å²) in [5.74, 6) is -2.93. The zero-order valence-corrected chi connectivity index (χ0v) is 14.9. The number of benzene rings is 2. The molecule has 134 valence electrons. The van der Waals surface area contributed by atoms with Crippen LogP contribution >= 0.6 is 7.37 Å². The Morgan fingerprint density at radius 3 is 2.04 bits per heavy atom. The van der Waals surface area contributed by atoms with Crippen LogP contribution in [0, 0.1) is 5.92 Å². The highest BCUT2D eigenvalue weighted by Crippen LogP contribution is 2.47. The van der Waals surface area contributed by atoms with Crippen molar-refractivity contribution in [2.75, 3.05) is 6.16 Å². The molecule has 1 unspecified atom stereocenters. The lowest BCUT2D eigenvalue weighted by molar-refractivity contribution is -0.141. The summed E-state index contributed by atoms with van der Waals surface area (Å²) < 4.78 is 12.6. The minimum absolute atomic E-state index is 0.214. The highest BCUT2D eigenvalue weighted by Gasteiger charge is 2.33. The lowest BCUT2D eigenvalue weighted by Crippen LogP contribution is -2.28. The van der Waals surface area contributed by atoms with Gasteiger partial charge in [0.2, 0.25) is 7.37 Å². The van der Waals surface area contributed by atoms with Crippen LogP contribution in [0.15, 0.2) is 60.7 Å². The molecule has 2 aromatic rings. The first-order valence-corrected chi connectivity index (χ1v) is 10.2. The van der Waals surface area contributed by atoms with Crippen LogP contribution in [0.5, 0.6) is 0 Å². The zero-order valence-electron chi connectivity index (χ0n) is 14.0. The second-order valence-corrected chi connectivity index (χ2v) is 8.79. The summed E-state index contributed by atoms with van der Waals surface area (Å²) in [4.78, 5) is 21.8. The van der Waals surface area contributed by atoms with Crippen molar-refractivity contribution in [2.24, 2.45) is 11.7 Å². The smallest absolute Gasteiger partial charge is 0.307 e. The summed E-state index contributed by atoms with van der Waals surface area (Å²) in [6.45, 7) is 0. The normalized spacial score (nSPS) is 15.9. The maximum absolute atomic E-state index is 12.6. The van der Waals surface area contributed by atoms with Crippen molar-refractivity contribution in [3.63, 3.8) is 0 Å². The van der Waals surface area contributed by atoms with Crippen molar-refractivity contribution < 1.29 is 19.4 Å². The molecular weight excluding hydrogens is 337 g/mol. The van der Waals surface area contributed by atoms with Gasteiger partial charge in [-0.25, -0.2) is 0 Å². The molecule has 0 saturated carbocycles. The van der Waals surface area contributed by atoms with Gasteiger partial charge in [0.1, 0.15) is 0 Å². The molecule has 0 aliphatic heterocycles. The van der Waals surface area contributed by atoms with Crippen molar-refractivity contribution in [1.29, 1.82) is 0 Å². The van der Waals surface area contributed by atoms with E-state index in [-0.39, 0.29) is 12.6 Å². The largest absolute Gasteiger partial charge is 0.481 e. The Labute approximate surface area is 148 Å². The van der Waals surface area contributed by atoms with Crippen molar-refractivity contribution in [2.45, 2.75) is 25.0 Å². The number of carboxylic acids is 1. The number of aliphatic carboxylic acids is 1. The standard InChI is InChI=1S/C19H24NO4P/c20-18(12-11-15-7-3-1-4-8-15)25(23,24)14-17(19(21)22)13-16-9-5-2-6-10-16/h1-10,17-18H,11-14,20H2,(H,21,22)(H,23,24)/t17-,18+/m1/s1. The molecular formula is C19H24NO4P. The Hall–Kier alpha value is -1.94. The van der Waals surface area contributed by atoms with Gasteiger partial charge < -0.3 is 15.7 Å². The number of carbonyl (C=O) groups is 1. The van der Waals surface area contributed by atoms with Gasteiger partial charge in [-0.05, 0) is 30.4 Å². The number of carboxylic acid groups (broad SMARTS) is 1. The molecule has 25 heavy (non-hydrogen) atoms. The van der Waals surface area contributed by atoms with Crippen molar-refractivity contribution >= 4 is 13.3 Å². The molecule has 0 heterocycles. The summed E-state index contributed by atoms with van der Waals surface area (Å²) in [6, 6.07) is 18.7. The predicted molar refractivity (Wildman–Crippen MR) is 98.7 cm³/mol. The van der Waals surface area contributed by atoms with Crippen LogP contribution in [0.1, 0.15) is 17.5 Å². The van der Waals surface area contributed by atoms with E-state index in [0.717, 1.165) is 11.1 Å². The van der Waals surface area contributed by atoms with Gasteiger partial charge in [-0.2, -0.15) is 0 Å². The molecule has 0 spiro atoms. The second-order valence-electron chi connectivity index (χ2n) is 6.25. The fourth-order valence-electron chi connectivity index (χ4n) is 2.74. The van der Waals surface area contributed by atoms with Gasteiger partial charge in [0.15, 0.2) is 0 Å². The van der Waals surface area contributed by atoms with Crippen LogP contribution in [0.3, 0.4) is 0 Å². The third-order valence-corrected chi connectivity index (χ3v) is 6.50. The molecule has 0 saturated heterocycles. The highest BCUT2D eigenvalue weighted by molar-refractivity contribution is 7.58. The molecule has 0 fully saturated rings. The van der Waals surface area contributed by atoms with E-state index in [9.17, 15) is 19.4 Å². The fourth-order valence-corrected chi connectivity index (χ4v) is 4.46. The molecule has 2 aromatic carbocycles. The lowest BCUT2D eigenvalue weighted by Gasteiger charge is -2.22. The van der Waals surface area contributed by atoms with Crippen LogP contribution in [0.2, 0.25) is 0 Å². The monoisotopic (exact) mass is 361 g/mol. The molecule has 0 radical (unpaired) electrons. The highest BCUT2D eigenvalue weighted by atomic mass is 31.2. The van der Waals surface area contributed by atoms with Gasteiger partial charge in [0, 0.05) is 6.16 Å². The topological polar surface area (TPSA) is 101 Å². The molecule has 0 bridgehead atoms. The molecule has 0 aromatic heterocycles. The van der Waals surface area contributed by atoms with E-state index in [2.05, 4.69) is 0 Å². The molecule has 0 amide bonds. The van der Waals surface area contributed by atoms with Gasteiger partial charge in [-0.3, -0.25) is 9.36 Å². The molecule has 6 heteroatoms. The van der Waals surface area contributed by atoms with E-state index in [4.69, 9.17) is 5.73 Å². The number of hydrogen-bond acceptors (Lipinski definition) is 3. The molecule has 3 atom stereocenters. The van der Waals surface area contributed by atoms with Gasteiger partial charge in [-0.1, -0.05) is 60.7 Å². The summed E-state index contributed by atoms with van der Waals surface area (Å²) >= 11 is 0. The SMILES string of the molecule is N[C@H](CCc1ccccc1)P(=O)(O)C[C@@H](Cc1ccccc1)C(=O)O. The Kier molecular flexibility index (Phi) is 6.94. The first-order valence-electron chi connectivity index (χ1n) is 8.26. The van der Waals surface area contributed by atoms with Gasteiger partial charge >= 0.3 is 5.97 Å². The van der Waals surface area contributed by atoms with Crippen molar-refractivity contribution in [1.82, 2.24) is 0 Å². The van der Waals surface area contributed by atoms with E-state index in [1.54, 1.807) is 0 Å². The Morgan fingerprint density at radius 2 is 1.52 bits per heavy atom. The van der Waals surface area contributed by atoms with Crippen LogP contribution in [0.25, 0.3) is 0 Å². The first kappa shape index (κ1) is 19.4. The van der Waals surface area contributed by atoms with Crippen LogP contribution < -0.4 is 5.73 Å². The van der Waals surface area contributed by atoms with Crippen molar-refractivity contribution in [3.8, 4) is 0 Å². The van der Waals surface area contributed by atoms with Crippen LogP contribution in [-0.2, 0) is 22.2 Å². The lowest BCUT2D eigenvalue weighted by atomic mass is 10.0. The Balaban J connectivity index is 1.98. The van der Waals surface area contributed by atoms with E-state index >= 15 is 0 Å². The van der Waals surface area contributed by atoms with E-state index < -0.39 is 25.0 Å². The quantitative estimate of drug-likeness (QED) is 0.596. The molecule has 2 rings (SSSR count). The van der Waals surface area contributed by atoms with Gasteiger partial charge in [0.05, 0.1) is 11.7 Å². The van der Waals surface area contributed by atoms with Crippen LogP contribution in [0.4, 0.5) is 0 Å².